The summed E-state index contributed by atoms with van der Waals surface area (Å²) in [5.41, 5.74) is 1.28. The number of sulfonamides is 1. The van der Waals surface area contributed by atoms with Crippen molar-refractivity contribution in [3.05, 3.63) is 29.8 Å². The molecule has 0 aromatic heterocycles. The van der Waals surface area contributed by atoms with E-state index in [-0.39, 0.29) is 12.0 Å². The molecule has 4 nitrogen and oxygen atoms in total. The van der Waals surface area contributed by atoms with Crippen molar-refractivity contribution < 1.29 is 13.5 Å². The number of hydrogen-bond acceptors (Lipinski definition) is 3. The van der Waals surface area contributed by atoms with E-state index in [0.29, 0.717) is 5.69 Å². The van der Waals surface area contributed by atoms with Crippen molar-refractivity contribution >= 4 is 15.7 Å². The number of benzene rings is 1. The zero-order chi connectivity index (χ0) is 13.3. The molecule has 0 spiro atoms. The Bertz CT molecular complexity index is 477. The maximum atomic E-state index is 11.4. The fraction of sp³-hybridized carbons (Fsp3) is 0.500. The van der Waals surface area contributed by atoms with Gasteiger partial charge in [0.25, 0.3) is 0 Å². The van der Waals surface area contributed by atoms with Crippen LogP contribution in [0.4, 0.5) is 5.69 Å². The number of rotatable bonds is 4. The summed E-state index contributed by atoms with van der Waals surface area (Å²) in [7, 11) is -1.71. The second-order valence-electron chi connectivity index (χ2n) is 4.82. The molecule has 1 N–H and O–H groups in total. The lowest BCUT2D eigenvalue weighted by atomic mass is 9.86. The summed E-state index contributed by atoms with van der Waals surface area (Å²) >= 11 is 0. The third-order valence-electron chi connectivity index (χ3n) is 2.91. The minimum atomic E-state index is -3.23. The number of aliphatic hydroxyl groups excluding tert-OH is 1. The minimum Gasteiger partial charge on any atom is -0.395 e. The van der Waals surface area contributed by atoms with Crippen LogP contribution in [0.3, 0.4) is 0 Å². The van der Waals surface area contributed by atoms with Crippen molar-refractivity contribution in [3.8, 4) is 0 Å². The van der Waals surface area contributed by atoms with Gasteiger partial charge in [-0.1, -0.05) is 26.0 Å². The largest absolute Gasteiger partial charge is 0.395 e. The highest BCUT2D eigenvalue weighted by molar-refractivity contribution is 7.92. The van der Waals surface area contributed by atoms with Crippen LogP contribution in [0.5, 0.6) is 0 Å². The lowest BCUT2D eigenvalue weighted by molar-refractivity contribution is 0.218. The van der Waals surface area contributed by atoms with Gasteiger partial charge >= 0.3 is 0 Å². The Hall–Kier alpha value is -1.07. The summed E-state index contributed by atoms with van der Waals surface area (Å²) < 4.78 is 23.9. The van der Waals surface area contributed by atoms with Gasteiger partial charge in [0.05, 0.1) is 18.6 Å². The summed E-state index contributed by atoms with van der Waals surface area (Å²) in [5.74, 6) is 0. The summed E-state index contributed by atoms with van der Waals surface area (Å²) in [4.78, 5) is 0. The monoisotopic (exact) mass is 257 g/mol. The molecule has 0 bridgehead atoms. The van der Waals surface area contributed by atoms with Crippen LogP contribution < -0.4 is 4.31 Å². The summed E-state index contributed by atoms with van der Waals surface area (Å²) in [6.07, 6.45) is 1.17. The molecular formula is C12H19NO3S. The molecule has 1 rings (SSSR count). The van der Waals surface area contributed by atoms with Crippen LogP contribution in [-0.4, -0.2) is 33.4 Å². The van der Waals surface area contributed by atoms with Gasteiger partial charge in [0, 0.05) is 12.5 Å². The summed E-state index contributed by atoms with van der Waals surface area (Å²) in [5, 5.41) is 9.25. The number of hydrogen-bond donors (Lipinski definition) is 1. The normalized spacial score (nSPS) is 12.5. The fourth-order valence-electron chi connectivity index (χ4n) is 1.41. The number of aliphatic hydroxyl groups is 1. The number of nitrogens with zero attached hydrogens (tertiary/aromatic N) is 1. The van der Waals surface area contributed by atoms with Gasteiger partial charge in [-0.15, -0.1) is 0 Å². The van der Waals surface area contributed by atoms with E-state index in [1.54, 1.807) is 12.1 Å². The first-order valence-electron chi connectivity index (χ1n) is 5.34. The Morgan fingerprint density at radius 3 is 2.06 bits per heavy atom. The molecule has 1 aromatic carbocycles. The average molecular weight is 257 g/mol. The molecule has 17 heavy (non-hydrogen) atoms. The zero-order valence-corrected chi connectivity index (χ0v) is 11.5. The van der Waals surface area contributed by atoms with Crippen LogP contribution in [-0.2, 0) is 15.4 Å². The molecule has 0 aliphatic rings. The van der Waals surface area contributed by atoms with Crippen LogP contribution in [0.1, 0.15) is 19.4 Å². The Balaban J connectivity index is 3.05. The van der Waals surface area contributed by atoms with E-state index < -0.39 is 10.0 Å². The van der Waals surface area contributed by atoms with Gasteiger partial charge in [0.2, 0.25) is 10.0 Å². The van der Waals surface area contributed by atoms with E-state index in [4.69, 9.17) is 0 Å². The molecular weight excluding hydrogens is 238 g/mol. The van der Waals surface area contributed by atoms with Crippen molar-refractivity contribution in [1.82, 2.24) is 0 Å². The molecule has 0 aliphatic heterocycles. The Morgan fingerprint density at radius 2 is 1.71 bits per heavy atom. The van der Waals surface area contributed by atoms with Crippen molar-refractivity contribution in [2.45, 2.75) is 19.3 Å². The van der Waals surface area contributed by atoms with Crippen molar-refractivity contribution in [3.63, 3.8) is 0 Å². The Labute approximate surface area is 103 Å². The summed E-state index contributed by atoms with van der Waals surface area (Å²) in [6, 6.07) is 7.17. The maximum Gasteiger partial charge on any atom is 0.231 e. The molecule has 0 heterocycles. The van der Waals surface area contributed by atoms with Gasteiger partial charge in [0.15, 0.2) is 0 Å². The highest BCUT2D eigenvalue weighted by Gasteiger charge is 2.20. The quantitative estimate of drug-likeness (QED) is 0.886. The van der Waals surface area contributed by atoms with E-state index in [2.05, 4.69) is 0 Å². The predicted octanol–water partition coefficient (Wildman–Crippen LogP) is 1.35. The highest BCUT2D eigenvalue weighted by Crippen LogP contribution is 2.25. The third-order valence-corrected chi connectivity index (χ3v) is 4.11. The van der Waals surface area contributed by atoms with E-state index in [9.17, 15) is 13.5 Å². The summed E-state index contributed by atoms with van der Waals surface area (Å²) in [6.45, 7) is 3.92. The molecule has 0 amide bonds. The molecule has 0 saturated heterocycles. The standard InChI is InChI=1S/C12H19NO3S/c1-12(2,9-14)10-5-7-11(8-6-10)13(3)17(4,15)16/h5-8,14H,9H2,1-4H3. The molecule has 96 valence electrons. The third kappa shape index (κ3) is 3.20. The second kappa shape index (κ2) is 4.66. The second-order valence-corrected chi connectivity index (χ2v) is 6.83. The van der Waals surface area contributed by atoms with Crippen LogP contribution in [0.15, 0.2) is 24.3 Å². The first kappa shape index (κ1) is 14.0. The predicted molar refractivity (Wildman–Crippen MR) is 69.8 cm³/mol. The van der Waals surface area contributed by atoms with Gasteiger partial charge in [-0.25, -0.2) is 8.42 Å². The van der Waals surface area contributed by atoms with E-state index in [0.717, 1.165) is 5.56 Å². The van der Waals surface area contributed by atoms with Crippen LogP contribution >= 0.6 is 0 Å². The smallest absolute Gasteiger partial charge is 0.231 e. The van der Waals surface area contributed by atoms with Crippen LogP contribution in [0, 0.1) is 0 Å². The van der Waals surface area contributed by atoms with Crippen LogP contribution in [0.2, 0.25) is 0 Å². The molecule has 0 fully saturated rings. The Kier molecular flexibility index (Phi) is 3.84. The fourth-order valence-corrected chi connectivity index (χ4v) is 1.91. The topological polar surface area (TPSA) is 57.6 Å². The first-order valence-corrected chi connectivity index (χ1v) is 7.18. The van der Waals surface area contributed by atoms with Gasteiger partial charge in [-0.2, -0.15) is 0 Å². The van der Waals surface area contributed by atoms with E-state index in [1.807, 2.05) is 26.0 Å². The maximum absolute atomic E-state index is 11.4. The molecule has 5 heteroatoms. The Morgan fingerprint density at radius 1 is 1.24 bits per heavy atom. The van der Waals surface area contributed by atoms with Gasteiger partial charge in [0.1, 0.15) is 0 Å². The van der Waals surface area contributed by atoms with Gasteiger partial charge in [-0.05, 0) is 17.7 Å². The van der Waals surface area contributed by atoms with E-state index >= 15 is 0 Å². The molecule has 0 saturated carbocycles. The number of anilines is 1. The average Bonchev–Trinajstić information content (AvgIpc) is 2.27. The van der Waals surface area contributed by atoms with Crippen molar-refractivity contribution in [1.29, 1.82) is 0 Å². The van der Waals surface area contributed by atoms with Crippen molar-refractivity contribution in [2.75, 3.05) is 24.2 Å². The zero-order valence-electron chi connectivity index (χ0n) is 10.6. The highest BCUT2D eigenvalue weighted by atomic mass is 32.2. The molecule has 0 radical (unpaired) electrons. The first-order chi connectivity index (χ1) is 7.68. The molecule has 0 atom stereocenters. The van der Waals surface area contributed by atoms with Crippen molar-refractivity contribution in [2.24, 2.45) is 0 Å². The molecule has 0 aliphatic carbocycles. The molecule has 1 aromatic rings. The van der Waals surface area contributed by atoms with Gasteiger partial charge < -0.3 is 5.11 Å². The van der Waals surface area contributed by atoms with E-state index in [1.165, 1.54) is 17.6 Å². The van der Waals surface area contributed by atoms with Gasteiger partial charge in [-0.3, -0.25) is 4.31 Å². The SMILES string of the molecule is CN(c1ccc(C(C)(C)CO)cc1)S(C)(=O)=O. The van der Waals surface area contributed by atoms with Crippen LogP contribution in [0.25, 0.3) is 0 Å². The minimum absolute atomic E-state index is 0.0499. The lowest BCUT2D eigenvalue weighted by Crippen LogP contribution is -2.25. The molecule has 0 unspecified atom stereocenters. The lowest BCUT2D eigenvalue weighted by Gasteiger charge is -2.23.